The zero-order valence-corrected chi connectivity index (χ0v) is 35.2. The van der Waals surface area contributed by atoms with Crippen LogP contribution in [0.4, 0.5) is 17.1 Å². The first-order valence-electron chi connectivity index (χ1n) is 21.8. The molecule has 0 atom stereocenters. The van der Waals surface area contributed by atoms with Crippen molar-refractivity contribution in [1.82, 2.24) is 0 Å². The van der Waals surface area contributed by atoms with Crippen LogP contribution < -0.4 is 4.90 Å². The normalized spacial score (nSPS) is 12.7. The minimum atomic E-state index is -0.114. The molecule has 0 aliphatic heterocycles. The molecule has 0 fully saturated rings. The second-order valence-corrected chi connectivity index (χ2v) is 17.2. The highest BCUT2D eigenvalue weighted by Crippen LogP contribution is 2.52. The van der Waals surface area contributed by atoms with Crippen molar-refractivity contribution >= 4 is 49.8 Å². The molecule has 1 aromatic heterocycles. The van der Waals surface area contributed by atoms with E-state index in [1.165, 1.54) is 55.3 Å². The maximum atomic E-state index is 6.65. The van der Waals surface area contributed by atoms with E-state index in [0.29, 0.717) is 0 Å². The zero-order valence-electron chi connectivity index (χ0n) is 35.2. The molecule has 0 spiro atoms. The average molecular weight is 806 g/mol. The zero-order chi connectivity index (χ0) is 42.1. The Morgan fingerprint density at radius 2 is 0.937 bits per heavy atom. The van der Waals surface area contributed by atoms with Crippen LogP contribution in [0.2, 0.25) is 0 Å². The molecule has 10 aromatic carbocycles. The summed E-state index contributed by atoms with van der Waals surface area (Å²) >= 11 is 0. The fraction of sp³-hybridized carbons (Fsp3) is 0.0492. The lowest BCUT2D eigenvalue weighted by molar-refractivity contribution is 0.662. The van der Waals surface area contributed by atoms with E-state index in [2.05, 4.69) is 237 Å². The van der Waals surface area contributed by atoms with E-state index in [1.54, 1.807) is 0 Å². The van der Waals surface area contributed by atoms with Gasteiger partial charge in [-0.3, -0.25) is 0 Å². The van der Waals surface area contributed by atoms with Crippen molar-refractivity contribution in [3.05, 3.63) is 236 Å². The second kappa shape index (κ2) is 14.6. The molecule has 0 amide bonds. The summed E-state index contributed by atoms with van der Waals surface area (Å²) in [6, 6.07) is 81.5. The van der Waals surface area contributed by atoms with Crippen LogP contribution in [0.15, 0.2) is 229 Å². The van der Waals surface area contributed by atoms with Gasteiger partial charge in [0, 0.05) is 38.7 Å². The fourth-order valence-corrected chi connectivity index (χ4v) is 10.3. The molecule has 11 aromatic rings. The Hall–Kier alpha value is -7.94. The molecule has 2 heteroatoms. The maximum absolute atomic E-state index is 6.65. The van der Waals surface area contributed by atoms with E-state index in [0.717, 1.165) is 61.3 Å². The van der Waals surface area contributed by atoms with Crippen molar-refractivity contribution < 1.29 is 4.42 Å². The molecule has 0 N–H and O–H groups in total. The standard InChI is InChI=1S/C61H43NO/c1-61(2)56-28-8-5-20-50(56)53-25-13-24-49(59(53)61)43-35-37-45(38-36-43)62(57-29-9-6-21-51(57)54-26-14-27-55-52-22-7-10-30-58(52)63-60(54)55)46-18-11-17-44(39-46)40-31-33-42(34-32-40)48-23-12-16-41-15-3-4-19-47(41)48/h3-39H,1-2H3. The lowest BCUT2D eigenvalue weighted by Gasteiger charge is -2.29. The second-order valence-electron chi connectivity index (χ2n) is 17.2. The smallest absolute Gasteiger partial charge is 0.143 e. The van der Waals surface area contributed by atoms with Crippen LogP contribution in [0.1, 0.15) is 25.0 Å². The number of para-hydroxylation sites is 3. The van der Waals surface area contributed by atoms with Gasteiger partial charge in [-0.25, -0.2) is 0 Å². The van der Waals surface area contributed by atoms with Crippen molar-refractivity contribution in [2.75, 3.05) is 4.90 Å². The maximum Gasteiger partial charge on any atom is 0.143 e. The quantitative estimate of drug-likeness (QED) is 0.160. The molecule has 0 bridgehead atoms. The first kappa shape index (κ1) is 36.9. The van der Waals surface area contributed by atoms with Crippen molar-refractivity contribution in [2.24, 2.45) is 0 Å². The van der Waals surface area contributed by atoms with Crippen LogP contribution in [0, 0.1) is 0 Å². The van der Waals surface area contributed by atoms with Gasteiger partial charge < -0.3 is 9.32 Å². The number of anilines is 3. The third kappa shape index (κ3) is 6.02. The van der Waals surface area contributed by atoms with Crippen LogP contribution >= 0.6 is 0 Å². The summed E-state index contributed by atoms with van der Waals surface area (Å²) in [5.41, 5.74) is 19.7. The van der Waals surface area contributed by atoms with E-state index in [-0.39, 0.29) is 5.41 Å². The molecular weight excluding hydrogens is 763 g/mol. The minimum absolute atomic E-state index is 0.114. The summed E-state index contributed by atoms with van der Waals surface area (Å²) in [5, 5.41) is 4.75. The van der Waals surface area contributed by atoms with E-state index < -0.39 is 0 Å². The highest BCUT2D eigenvalue weighted by molar-refractivity contribution is 6.11. The van der Waals surface area contributed by atoms with Gasteiger partial charge in [-0.15, -0.1) is 0 Å². The minimum Gasteiger partial charge on any atom is -0.455 e. The Balaban J connectivity index is 0.994. The Morgan fingerprint density at radius 3 is 1.81 bits per heavy atom. The molecule has 0 saturated heterocycles. The highest BCUT2D eigenvalue weighted by atomic mass is 16.3. The molecule has 1 aliphatic rings. The molecule has 12 rings (SSSR count). The largest absolute Gasteiger partial charge is 0.455 e. The number of fused-ring (bicyclic) bond motifs is 7. The van der Waals surface area contributed by atoms with Gasteiger partial charge in [0.2, 0.25) is 0 Å². The summed E-state index contributed by atoms with van der Waals surface area (Å²) in [6.45, 7) is 4.72. The van der Waals surface area contributed by atoms with E-state index in [4.69, 9.17) is 4.42 Å². The Kier molecular flexibility index (Phi) is 8.55. The Morgan fingerprint density at radius 1 is 0.365 bits per heavy atom. The predicted octanol–water partition coefficient (Wildman–Crippen LogP) is 17.2. The van der Waals surface area contributed by atoms with Gasteiger partial charge in [-0.05, 0) is 103 Å². The van der Waals surface area contributed by atoms with E-state index >= 15 is 0 Å². The predicted molar refractivity (Wildman–Crippen MR) is 265 cm³/mol. The van der Waals surface area contributed by atoms with Gasteiger partial charge >= 0.3 is 0 Å². The van der Waals surface area contributed by atoms with Crippen LogP contribution in [-0.4, -0.2) is 0 Å². The summed E-state index contributed by atoms with van der Waals surface area (Å²) in [7, 11) is 0. The van der Waals surface area contributed by atoms with Gasteiger partial charge in [0.25, 0.3) is 0 Å². The summed E-state index contributed by atoms with van der Waals surface area (Å²) in [5.74, 6) is 0. The van der Waals surface area contributed by atoms with E-state index in [1.807, 2.05) is 6.07 Å². The monoisotopic (exact) mass is 805 g/mol. The van der Waals surface area contributed by atoms with Crippen LogP contribution in [0.5, 0.6) is 0 Å². The van der Waals surface area contributed by atoms with Gasteiger partial charge in [0.1, 0.15) is 11.2 Å². The number of furan rings is 1. The van der Waals surface area contributed by atoms with Gasteiger partial charge in [-0.2, -0.15) is 0 Å². The fourth-order valence-electron chi connectivity index (χ4n) is 10.3. The molecule has 298 valence electrons. The molecule has 0 saturated carbocycles. The molecule has 1 aliphatic carbocycles. The third-order valence-corrected chi connectivity index (χ3v) is 13.3. The summed E-state index contributed by atoms with van der Waals surface area (Å²) in [4.78, 5) is 2.41. The number of hydrogen-bond donors (Lipinski definition) is 0. The van der Waals surface area contributed by atoms with Crippen molar-refractivity contribution in [2.45, 2.75) is 19.3 Å². The molecule has 0 unspecified atom stereocenters. The lowest BCUT2D eigenvalue weighted by Crippen LogP contribution is -2.16. The number of nitrogens with zero attached hydrogens (tertiary/aromatic N) is 1. The van der Waals surface area contributed by atoms with Gasteiger partial charge in [0.05, 0.1) is 5.69 Å². The van der Waals surface area contributed by atoms with Crippen LogP contribution in [0.25, 0.3) is 88.3 Å². The molecule has 1 heterocycles. The highest BCUT2D eigenvalue weighted by Gasteiger charge is 2.37. The first-order chi connectivity index (χ1) is 31.0. The molecule has 0 radical (unpaired) electrons. The Bertz CT molecular complexity index is 3530. The number of hydrogen-bond acceptors (Lipinski definition) is 2. The van der Waals surface area contributed by atoms with Crippen molar-refractivity contribution in [3.63, 3.8) is 0 Å². The van der Waals surface area contributed by atoms with E-state index in [9.17, 15) is 0 Å². The number of rotatable bonds is 7. The Labute approximate surface area is 368 Å². The summed E-state index contributed by atoms with van der Waals surface area (Å²) in [6.07, 6.45) is 0. The molecule has 63 heavy (non-hydrogen) atoms. The SMILES string of the molecule is CC1(C)c2ccccc2-c2cccc(-c3ccc(N(c4cccc(-c5ccc(-c6cccc7ccccc67)cc5)c4)c4ccccc4-c4cccc5c4oc4ccccc45)cc3)c21. The topological polar surface area (TPSA) is 16.4 Å². The number of benzene rings is 10. The average Bonchev–Trinajstić information content (AvgIpc) is 3.84. The van der Waals surface area contributed by atoms with Crippen LogP contribution in [-0.2, 0) is 5.41 Å². The first-order valence-corrected chi connectivity index (χ1v) is 21.8. The lowest BCUT2D eigenvalue weighted by atomic mass is 9.79. The van der Waals surface area contributed by atoms with Gasteiger partial charge in [-0.1, -0.05) is 202 Å². The summed E-state index contributed by atoms with van der Waals surface area (Å²) < 4.78 is 6.65. The van der Waals surface area contributed by atoms with Crippen molar-refractivity contribution in [3.8, 4) is 55.6 Å². The molecule has 2 nitrogen and oxygen atoms in total. The van der Waals surface area contributed by atoms with Crippen LogP contribution in [0.3, 0.4) is 0 Å². The molecular formula is C61H43NO. The third-order valence-electron chi connectivity index (χ3n) is 13.3. The van der Waals surface area contributed by atoms with Gasteiger partial charge in [0.15, 0.2) is 0 Å². The van der Waals surface area contributed by atoms with Crippen molar-refractivity contribution in [1.29, 1.82) is 0 Å².